The largest absolute Gasteiger partial charge is 0.488 e. The Hall–Kier alpha value is -1.90. The monoisotopic (exact) mass is 435 g/mol. The molecular formula is C22H33N3O4S. The van der Waals surface area contributed by atoms with Crippen LogP contribution in [0.4, 0.5) is 5.69 Å². The molecule has 0 bridgehead atoms. The van der Waals surface area contributed by atoms with E-state index < -0.39 is 11.1 Å². The second-order valence-corrected chi connectivity index (χ2v) is 10.0. The summed E-state index contributed by atoms with van der Waals surface area (Å²) in [4.78, 5) is 14.1. The van der Waals surface area contributed by atoms with Crippen LogP contribution < -0.4 is 10.9 Å². The van der Waals surface area contributed by atoms with Gasteiger partial charge >= 0.3 is 0 Å². The number of piperidine rings is 1. The van der Waals surface area contributed by atoms with Crippen molar-refractivity contribution < 1.29 is 18.3 Å². The van der Waals surface area contributed by atoms with Crippen molar-refractivity contribution >= 4 is 23.1 Å². The van der Waals surface area contributed by atoms with Crippen LogP contribution in [0.2, 0.25) is 0 Å². The number of rotatable bonds is 10. The third-order valence-electron chi connectivity index (χ3n) is 5.97. The summed E-state index contributed by atoms with van der Waals surface area (Å²) in [6.07, 6.45) is 4.24. The van der Waals surface area contributed by atoms with Crippen LogP contribution in [0.3, 0.4) is 0 Å². The molecule has 3 N–H and O–H groups in total. The second-order valence-electron chi connectivity index (χ2n) is 8.79. The fourth-order valence-electron chi connectivity index (χ4n) is 3.70. The predicted octanol–water partition coefficient (Wildman–Crippen LogP) is 3.21. The quantitative estimate of drug-likeness (QED) is 0.171. The molecule has 7 nitrogen and oxygen atoms in total. The molecule has 3 rings (SSSR count). The summed E-state index contributed by atoms with van der Waals surface area (Å²) in [6, 6.07) is 7.83. The van der Waals surface area contributed by atoms with Gasteiger partial charge in [0, 0.05) is 24.2 Å². The molecule has 166 valence electrons. The van der Waals surface area contributed by atoms with Gasteiger partial charge in [-0.15, -0.1) is 0 Å². The van der Waals surface area contributed by atoms with Gasteiger partial charge in [-0.05, 0) is 57.2 Å². The normalized spacial score (nSPS) is 21.4. The van der Waals surface area contributed by atoms with Crippen LogP contribution in [-0.4, -0.2) is 50.9 Å². The zero-order valence-corrected chi connectivity index (χ0v) is 18.8. The molecule has 1 saturated carbocycles. The summed E-state index contributed by atoms with van der Waals surface area (Å²) in [5.41, 5.74) is 9.55. The first-order valence-electron chi connectivity index (χ1n) is 10.6. The van der Waals surface area contributed by atoms with E-state index in [2.05, 4.69) is 22.7 Å². The number of benzene rings is 1. The average molecular weight is 436 g/mol. The topological polar surface area (TPSA) is 90.9 Å². The Balaban J connectivity index is 1.75. The van der Waals surface area contributed by atoms with Crippen molar-refractivity contribution in [2.75, 3.05) is 25.1 Å². The minimum Gasteiger partial charge on any atom is -0.488 e. The predicted molar refractivity (Wildman–Crippen MR) is 119 cm³/mol. The molecular weight excluding hydrogens is 402 g/mol. The van der Waals surface area contributed by atoms with E-state index in [9.17, 15) is 13.6 Å². The van der Waals surface area contributed by atoms with Crippen molar-refractivity contribution in [1.82, 2.24) is 10.3 Å². The van der Waals surface area contributed by atoms with Crippen LogP contribution in [0, 0.1) is 12.3 Å². The molecule has 0 radical (unpaired) electrons. The maximum atomic E-state index is 12.0. The van der Waals surface area contributed by atoms with Gasteiger partial charge in [0.2, 0.25) is 0 Å². The third kappa shape index (κ3) is 6.06. The Kier molecular flexibility index (Phi) is 7.55. The van der Waals surface area contributed by atoms with Crippen LogP contribution in [0.25, 0.3) is 0 Å². The molecule has 0 amide bonds. The highest BCUT2D eigenvalue weighted by atomic mass is 32.2. The highest BCUT2D eigenvalue weighted by molar-refractivity contribution is 7.79. The summed E-state index contributed by atoms with van der Waals surface area (Å²) in [5.74, 6) is 0.345. The summed E-state index contributed by atoms with van der Waals surface area (Å²) in [6.45, 7) is 7.94. The number of likely N-dealkylation sites (tertiary alicyclic amines) is 1. The van der Waals surface area contributed by atoms with Crippen molar-refractivity contribution in [3.63, 3.8) is 0 Å². The lowest BCUT2D eigenvalue weighted by Crippen LogP contribution is -2.45. The standard InChI is InChI=1S/C22H33N3O4S/c1-16-5-4-6-18(13-16)24-23-17(2)21(20(14-26)29-15-22(3)9-10-22)25-11-7-19(8-12-25)30(27)28/h4-6,13-14,17,19,23-24H,7-12,15H2,1-3H3,(H,27,28). The fourth-order valence-corrected chi connectivity index (χ4v) is 4.32. The van der Waals surface area contributed by atoms with E-state index in [1.54, 1.807) is 0 Å². The molecule has 2 fully saturated rings. The third-order valence-corrected chi connectivity index (χ3v) is 7.01. The van der Waals surface area contributed by atoms with Crippen molar-refractivity contribution in [2.45, 2.75) is 57.7 Å². The fraction of sp³-hybridized carbons (Fsp3) is 0.591. The van der Waals surface area contributed by atoms with E-state index in [4.69, 9.17) is 4.74 Å². The molecule has 1 aliphatic carbocycles. The van der Waals surface area contributed by atoms with Crippen molar-refractivity contribution in [3.05, 3.63) is 41.3 Å². The van der Waals surface area contributed by atoms with Gasteiger partial charge in [0.15, 0.2) is 23.1 Å². The number of hydrazine groups is 1. The molecule has 1 aromatic rings. The van der Waals surface area contributed by atoms with Gasteiger partial charge in [-0.25, -0.2) is 9.63 Å². The molecule has 30 heavy (non-hydrogen) atoms. The molecule has 2 atom stereocenters. The molecule has 1 aromatic carbocycles. The lowest BCUT2D eigenvalue weighted by molar-refractivity contribution is -0.108. The Morgan fingerprint density at radius 3 is 2.67 bits per heavy atom. The molecule has 1 saturated heterocycles. The van der Waals surface area contributed by atoms with Crippen LogP contribution >= 0.6 is 0 Å². The van der Waals surface area contributed by atoms with E-state index in [1.807, 2.05) is 38.1 Å². The number of ether oxygens (including phenoxy) is 1. The summed E-state index contributed by atoms with van der Waals surface area (Å²) >= 11 is -1.81. The molecule has 2 aliphatic rings. The van der Waals surface area contributed by atoms with Gasteiger partial charge in [0.1, 0.15) is 0 Å². The Morgan fingerprint density at radius 2 is 2.10 bits per heavy atom. The average Bonchev–Trinajstić information content (AvgIpc) is 3.47. The van der Waals surface area contributed by atoms with Gasteiger partial charge in [0.25, 0.3) is 0 Å². The van der Waals surface area contributed by atoms with Crippen LogP contribution in [0.1, 0.15) is 45.1 Å². The molecule has 1 heterocycles. The van der Waals surface area contributed by atoms with Crippen molar-refractivity contribution in [2.24, 2.45) is 5.41 Å². The Labute approximate surface area is 181 Å². The SMILES string of the molecule is Cc1cccc(NNC(C)C(=C(C=O)OCC2(C)CC2)N2CCC(S(=O)O)CC2)c1. The minimum absolute atomic E-state index is 0.163. The van der Waals surface area contributed by atoms with Gasteiger partial charge in [-0.2, -0.15) is 0 Å². The van der Waals surface area contributed by atoms with Crippen LogP contribution in [0.15, 0.2) is 35.7 Å². The van der Waals surface area contributed by atoms with E-state index >= 15 is 0 Å². The lowest BCUT2D eigenvalue weighted by atomic mass is 10.1. The van der Waals surface area contributed by atoms with E-state index in [1.165, 1.54) is 0 Å². The van der Waals surface area contributed by atoms with E-state index in [0.29, 0.717) is 38.3 Å². The number of allylic oxidation sites excluding steroid dienone is 1. The highest BCUT2D eigenvalue weighted by Gasteiger charge is 2.39. The van der Waals surface area contributed by atoms with Crippen LogP contribution in [0.5, 0.6) is 0 Å². The molecule has 0 spiro atoms. The Morgan fingerprint density at radius 1 is 1.40 bits per heavy atom. The first-order valence-corrected chi connectivity index (χ1v) is 11.7. The van der Waals surface area contributed by atoms with Crippen LogP contribution in [-0.2, 0) is 20.6 Å². The number of nitrogens with one attached hydrogen (secondary N) is 2. The van der Waals surface area contributed by atoms with Gasteiger partial charge in [0.05, 0.1) is 23.6 Å². The maximum absolute atomic E-state index is 12.0. The number of carbonyl (C=O) groups is 1. The highest BCUT2D eigenvalue weighted by Crippen LogP contribution is 2.45. The number of aldehydes is 1. The molecule has 8 heteroatoms. The lowest BCUT2D eigenvalue weighted by Gasteiger charge is -2.37. The number of nitrogens with zero attached hydrogens (tertiary/aromatic N) is 1. The van der Waals surface area contributed by atoms with E-state index in [0.717, 1.165) is 36.1 Å². The van der Waals surface area contributed by atoms with Crippen molar-refractivity contribution in [3.8, 4) is 0 Å². The number of hydrogen-bond acceptors (Lipinski definition) is 6. The summed E-state index contributed by atoms with van der Waals surface area (Å²) in [5, 5.41) is -0.220. The number of aryl methyl sites for hydroxylation is 1. The van der Waals surface area contributed by atoms with Gasteiger partial charge in [-0.3, -0.25) is 4.79 Å². The maximum Gasteiger partial charge on any atom is 0.186 e. The molecule has 2 unspecified atom stereocenters. The Bertz CT molecular complexity index is 801. The molecule has 0 aromatic heterocycles. The van der Waals surface area contributed by atoms with Crippen molar-refractivity contribution in [1.29, 1.82) is 0 Å². The number of carbonyl (C=O) groups excluding carboxylic acids is 1. The first kappa shape index (κ1) is 22.8. The zero-order chi connectivity index (χ0) is 21.7. The zero-order valence-electron chi connectivity index (χ0n) is 18.0. The van der Waals surface area contributed by atoms with E-state index in [-0.39, 0.29) is 16.7 Å². The summed E-state index contributed by atoms with van der Waals surface area (Å²) < 4.78 is 26.9. The smallest absolute Gasteiger partial charge is 0.186 e. The number of hydrogen-bond donors (Lipinski definition) is 3. The second kappa shape index (κ2) is 9.94. The summed E-state index contributed by atoms with van der Waals surface area (Å²) in [7, 11) is 0. The first-order chi connectivity index (χ1) is 14.3. The number of anilines is 1. The molecule has 1 aliphatic heterocycles. The van der Waals surface area contributed by atoms with Gasteiger partial charge < -0.3 is 19.6 Å². The van der Waals surface area contributed by atoms with Gasteiger partial charge in [-0.1, -0.05) is 19.1 Å². The minimum atomic E-state index is -1.81.